The molecule has 0 aromatic rings. The van der Waals surface area contributed by atoms with Crippen molar-refractivity contribution in [3.63, 3.8) is 0 Å². The minimum absolute atomic E-state index is 0.00788. The summed E-state index contributed by atoms with van der Waals surface area (Å²) in [5, 5.41) is 29.0. The lowest BCUT2D eigenvalue weighted by molar-refractivity contribution is -0.144. The molecule has 3 unspecified atom stereocenters. The molecule has 2 rings (SSSR count). The fraction of sp³-hybridized carbons (Fsp3) is 0.737. The smallest absolute Gasteiger partial charge is 0.332 e. The van der Waals surface area contributed by atoms with Gasteiger partial charge >= 0.3 is 5.97 Å². The molecule has 0 aromatic carbocycles. The van der Waals surface area contributed by atoms with Gasteiger partial charge in [-0.3, -0.25) is 10.3 Å². The van der Waals surface area contributed by atoms with E-state index >= 15 is 0 Å². The summed E-state index contributed by atoms with van der Waals surface area (Å²) in [6.07, 6.45) is 10.9. The Kier molecular flexibility index (Phi) is 7.93. The topological polar surface area (TPSA) is 99.0 Å². The van der Waals surface area contributed by atoms with Crippen molar-refractivity contribution in [2.24, 2.45) is 11.8 Å². The molecule has 6 nitrogen and oxygen atoms in total. The van der Waals surface area contributed by atoms with Gasteiger partial charge in [0, 0.05) is 17.5 Å². The number of unbranched alkanes of at least 4 members (excludes halogenated alkanes) is 4. The standard InChI is InChI=1S/C19H31NO5/c1-2-3-4-5-6-7-14(21)9-8-13-10-15-16(19(13)24)11-17(15)20-25-12-18(22)23/h8-9,13-14,16,19-21,24H,2-7,10-12H2,1H3,(H,22,23)/t13?,14?,16-,19?/m1/s1. The molecule has 1 fully saturated rings. The summed E-state index contributed by atoms with van der Waals surface area (Å²) >= 11 is 0. The number of allylic oxidation sites excluding steroid dienone is 1. The highest BCUT2D eigenvalue weighted by molar-refractivity contribution is 5.67. The summed E-state index contributed by atoms with van der Waals surface area (Å²) in [7, 11) is 0. The molecule has 0 aliphatic heterocycles. The van der Waals surface area contributed by atoms with Crippen molar-refractivity contribution in [3.8, 4) is 0 Å². The van der Waals surface area contributed by atoms with Crippen LogP contribution in [0.1, 0.15) is 58.3 Å². The Morgan fingerprint density at radius 3 is 2.80 bits per heavy atom. The van der Waals surface area contributed by atoms with Gasteiger partial charge in [-0.05, 0) is 24.8 Å². The van der Waals surface area contributed by atoms with E-state index in [1.54, 1.807) is 0 Å². The lowest BCUT2D eigenvalue weighted by Crippen LogP contribution is -2.32. The fourth-order valence-corrected chi connectivity index (χ4v) is 3.64. The van der Waals surface area contributed by atoms with Gasteiger partial charge in [0.2, 0.25) is 0 Å². The van der Waals surface area contributed by atoms with Crippen molar-refractivity contribution in [1.82, 2.24) is 5.48 Å². The number of aliphatic hydroxyl groups is 2. The van der Waals surface area contributed by atoms with Crippen LogP contribution in [0, 0.1) is 11.8 Å². The number of fused-ring (bicyclic) bond motifs is 1. The lowest BCUT2D eigenvalue weighted by Gasteiger charge is -2.30. The predicted octanol–water partition coefficient (Wildman–Crippen LogP) is 2.52. The van der Waals surface area contributed by atoms with Crippen molar-refractivity contribution >= 4 is 5.97 Å². The van der Waals surface area contributed by atoms with E-state index in [1.165, 1.54) is 19.3 Å². The van der Waals surface area contributed by atoms with Gasteiger partial charge in [-0.2, -0.15) is 0 Å². The Hall–Kier alpha value is -1.37. The van der Waals surface area contributed by atoms with Crippen molar-refractivity contribution in [1.29, 1.82) is 0 Å². The number of aliphatic hydroxyl groups excluding tert-OH is 2. The molecule has 0 aromatic heterocycles. The number of carboxylic acids is 1. The summed E-state index contributed by atoms with van der Waals surface area (Å²) in [4.78, 5) is 15.3. The SMILES string of the molecule is CCCCCCCC(O)C=CC1CC2=C(NOCC(=O)O)C[C@H]2C1O. The van der Waals surface area contributed by atoms with Crippen LogP contribution in [-0.4, -0.2) is 40.1 Å². The van der Waals surface area contributed by atoms with E-state index in [2.05, 4.69) is 12.4 Å². The van der Waals surface area contributed by atoms with Gasteiger partial charge in [0.15, 0.2) is 6.61 Å². The van der Waals surface area contributed by atoms with E-state index in [-0.39, 0.29) is 11.8 Å². The first-order valence-corrected chi connectivity index (χ1v) is 9.38. The molecule has 4 N–H and O–H groups in total. The average Bonchev–Trinajstić information content (AvgIpc) is 2.80. The maximum atomic E-state index is 10.4. The Morgan fingerprint density at radius 1 is 1.32 bits per heavy atom. The second-order valence-corrected chi connectivity index (χ2v) is 7.11. The van der Waals surface area contributed by atoms with Crippen LogP contribution in [0.2, 0.25) is 0 Å². The van der Waals surface area contributed by atoms with Gasteiger partial charge < -0.3 is 15.3 Å². The van der Waals surface area contributed by atoms with Crippen molar-refractivity contribution in [2.45, 2.75) is 70.5 Å². The number of hydroxylamine groups is 1. The third-order valence-electron chi connectivity index (χ3n) is 5.14. The molecule has 0 radical (unpaired) electrons. The van der Waals surface area contributed by atoms with Crippen LogP contribution in [-0.2, 0) is 9.63 Å². The minimum Gasteiger partial charge on any atom is -0.479 e. The van der Waals surface area contributed by atoms with E-state index < -0.39 is 24.8 Å². The zero-order valence-electron chi connectivity index (χ0n) is 15.0. The van der Waals surface area contributed by atoms with Gasteiger partial charge in [0.25, 0.3) is 0 Å². The number of rotatable bonds is 12. The molecule has 0 heterocycles. The van der Waals surface area contributed by atoms with Crippen molar-refractivity contribution < 1.29 is 25.0 Å². The first-order valence-electron chi connectivity index (χ1n) is 9.38. The molecule has 2 aliphatic rings. The molecule has 142 valence electrons. The van der Waals surface area contributed by atoms with Crippen LogP contribution in [0.25, 0.3) is 0 Å². The van der Waals surface area contributed by atoms with Crippen molar-refractivity contribution in [3.05, 3.63) is 23.4 Å². The summed E-state index contributed by atoms with van der Waals surface area (Å²) in [5.41, 5.74) is 4.69. The third kappa shape index (κ3) is 5.83. The largest absolute Gasteiger partial charge is 0.479 e. The molecule has 0 amide bonds. The van der Waals surface area contributed by atoms with Gasteiger partial charge in [-0.1, -0.05) is 51.2 Å². The molecule has 0 saturated heterocycles. The number of hydrogen-bond acceptors (Lipinski definition) is 5. The highest BCUT2D eigenvalue weighted by Crippen LogP contribution is 2.48. The Balaban J connectivity index is 1.72. The molecular formula is C19H31NO5. The van der Waals surface area contributed by atoms with E-state index in [0.717, 1.165) is 37.0 Å². The van der Waals surface area contributed by atoms with Crippen LogP contribution in [0.15, 0.2) is 23.4 Å². The van der Waals surface area contributed by atoms with Crippen LogP contribution in [0.5, 0.6) is 0 Å². The second kappa shape index (κ2) is 9.94. The number of carboxylic acid groups (broad SMARTS) is 1. The summed E-state index contributed by atoms with van der Waals surface area (Å²) in [6.45, 7) is 1.80. The lowest BCUT2D eigenvalue weighted by atomic mass is 9.83. The molecule has 2 aliphatic carbocycles. The normalized spacial score (nSPS) is 26.6. The Morgan fingerprint density at radius 2 is 2.08 bits per heavy atom. The zero-order chi connectivity index (χ0) is 18.2. The number of aliphatic carboxylic acids is 1. The van der Waals surface area contributed by atoms with Crippen molar-refractivity contribution in [2.75, 3.05) is 6.61 Å². The number of nitrogens with one attached hydrogen (secondary N) is 1. The minimum atomic E-state index is -1.02. The monoisotopic (exact) mass is 353 g/mol. The number of carbonyl (C=O) groups is 1. The maximum Gasteiger partial charge on any atom is 0.332 e. The zero-order valence-corrected chi connectivity index (χ0v) is 15.0. The van der Waals surface area contributed by atoms with Crippen LogP contribution in [0.3, 0.4) is 0 Å². The van der Waals surface area contributed by atoms with E-state index in [0.29, 0.717) is 6.42 Å². The fourth-order valence-electron chi connectivity index (χ4n) is 3.64. The summed E-state index contributed by atoms with van der Waals surface area (Å²) in [5.74, 6) is -0.893. The van der Waals surface area contributed by atoms with Gasteiger partial charge in [0.1, 0.15) is 0 Å². The molecule has 0 spiro atoms. The van der Waals surface area contributed by atoms with Crippen LogP contribution >= 0.6 is 0 Å². The Labute approximate surface area is 149 Å². The van der Waals surface area contributed by atoms with Gasteiger partial charge in [-0.25, -0.2) is 4.79 Å². The first kappa shape index (κ1) is 19.9. The summed E-state index contributed by atoms with van der Waals surface area (Å²) < 4.78 is 0. The van der Waals surface area contributed by atoms with Gasteiger partial charge in [-0.15, -0.1) is 0 Å². The highest BCUT2D eigenvalue weighted by Gasteiger charge is 2.45. The quantitative estimate of drug-likeness (QED) is 0.244. The van der Waals surface area contributed by atoms with E-state index in [1.807, 2.05) is 12.2 Å². The Bertz CT molecular complexity index is 502. The second-order valence-electron chi connectivity index (χ2n) is 7.11. The average molecular weight is 353 g/mol. The molecule has 25 heavy (non-hydrogen) atoms. The molecule has 0 bridgehead atoms. The molecular weight excluding hydrogens is 322 g/mol. The van der Waals surface area contributed by atoms with Crippen LogP contribution < -0.4 is 5.48 Å². The highest BCUT2D eigenvalue weighted by atomic mass is 16.7. The maximum absolute atomic E-state index is 10.4. The first-order chi connectivity index (χ1) is 12.0. The molecule has 6 heteroatoms. The van der Waals surface area contributed by atoms with E-state index in [9.17, 15) is 15.0 Å². The third-order valence-corrected chi connectivity index (χ3v) is 5.14. The van der Waals surface area contributed by atoms with Gasteiger partial charge in [0.05, 0.1) is 12.2 Å². The molecule has 4 atom stereocenters. The predicted molar refractivity (Wildman–Crippen MR) is 94.5 cm³/mol. The summed E-state index contributed by atoms with van der Waals surface area (Å²) in [6, 6.07) is 0. The number of hydrogen-bond donors (Lipinski definition) is 4. The molecule has 1 saturated carbocycles. The van der Waals surface area contributed by atoms with E-state index in [4.69, 9.17) is 9.94 Å². The van der Waals surface area contributed by atoms with Crippen LogP contribution in [0.4, 0.5) is 0 Å².